The van der Waals surface area contributed by atoms with Gasteiger partial charge in [-0.15, -0.1) is 11.3 Å². The highest BCUT2D eigenvalue weighted by molar-refractivity contribution is 7.15. The van der Waals surface area contributed by atoms with Crippen LogP contribution in [0.3, 0.4) is 0 Å². The molecule has 0 spiro atoms. The van der Waals surface area contributed by atoms with E-state index in [1.165, 1.54) is 10.6 Å². The maximum atomic E-state index is 11.2. The van der Waals surface area contributed by atoms with Crippen LogP contribution in [0, 0.1) is 0 Å². The van der Waals surface area contributed by atoms with Crippen LogP contribution in [0.4, 0.5) is 0 Å². The van der Waals surface area contributed by atoms with E-state index in [1.54, 1.807) is 23.5 Å². The van der Waals surface area contributed by atoms with Gasteiger partial charge in [0.15, 0.2) is 0 Å². The quantitative estimate of drug-likeness (QED) is 0.758. The minimum absolute atomic E-state index is 0.406. The summed E-state index contributed by atoms with van der Waals surface area (Å²) >= 11 is 1.74. The van der Waals surface area contributed by atoms with Crippen molar-refractivity contribution in [3.63, 3.8) is 0 Å². The predicted octanol–water partition coefficient (Wildman–Crippen LogP) is 1.81. The van der Waals surface area contributed by atoms with E-state index >= 15 is 0 Å². The van der Waals surface area contributed by atoms with E-state index in [0.29, 0.717) is 5.56 Å². The smallest absolute Gasteiger partial charge is 0.248 e. The molecule has 0 aromatic carbocycles. The number of carbonyl (C=O) groups is 1. The molecular formula is C15H14N4OS. The van der Waals surface area contributed by atoms with Crippen molar-refractivity contribution < 1.29 is 4.79 Å². The number of aromatic nitrogens is 2. The molecule has 0 aliphatic carbocycles. The van der Waals surface area contributed by atoms with Crippen LogP contribution in [0.25, 0.3) is 16.1 Å². The molecule has 3 N–H and O–H groups in total. The van der Waals surface area contributed by atoms with Crippen molar-refractivity contribution in [3.05, 3.63) is 46.7 Å². The number of nitrogens with two attached hydrogens (primary N) is 1. The number of hydrogen-bond acceptors (Lipinski definition) is 4. The largest absolute Gasteiger partial charge is 0.366 e. The Labute approximate surface area is 125 Å². The SMILES string of the molecule is NC(=O)c1ccn2cc(-c3nc4c(s3)CNCC4)cc2c1. The molecule has 6 heteroatoms. The lowest BCUT2D eigenvalue weighted by Gasteiger charge is -2.09. The van der Waals surface area contributed by atoms with Gasteiger partial charge in [0.2, 0.25) is 5.91 Å². The number of hydrogen-bond donors (Lipinski definition) is 2. The van der Waals surface area contributed by atoms with Crippen LogP contribution in [0.2, 0.25) is 0 Å². The second kappa shape index (κ2) is 4.68. The molecule has 1 aliphatic rings. The molecule has 0 fully saturated rings. The summed E-state index contributed by atoms with van der Waals surface area (Å²) in [4.78, 5) is 17.3. The van der Waals surface area contributed by atoms with E-state index in [1.807, 2.05) is 22.9 Å². The highest BCUT2D eigenvalue weighted by Gasteiger charge is 2.16. The normalized spacial score (nSPS) is 14.3. The van der Waals surface area contributed by atoms with E-state index in [9.17, 15) is 4.79 Å². The number of thiazole rings is 1. The molecular weight excluding hydrogens is 284 g/mol. The van der Waals surface area contributed by atoms with Crippen LogP contribution in [0.1, 0.15) is 20.9 Å². The van der Waals surface area contributed by atoms with Gasteiger partial charge in [0.05, 0.1) is 5.69 Å². The zero-order chi connectivity index (χ0) is 14.4. The van der Waals surface area contributed by atoms with E-state index in [2.05, 4.69) is 5.32 Å². The first-order valence-electron chi connectivity index (χ1n) is 6.82. The molecule has 0 saturated carbocycles. The summed E-state index contributed by atoms with van der Waals surface area (Å²) in [5.74, 6) is -0.406. The zero-order valence-corrected chi connectivity index (χ0v) is 12.1. The molecule has 5 nitrogen and oxygen atoms in total. The third kappa shape index (κ3) is 2.12. The molecule has 3 aromatic heterocycles. The molecule has 0 saturated heterocycles. The van der Waals surface area contributed by atoms with Crippen molar-refractivity contribution >= 4 is 22.8 Å². The number of pyridine rings is 1. The molecule has 0 atom stereocenters. The summed E-state index contributed by atoms with van der Waals surface area (Å²) < 4.78 is 1.99. The molecule has 0 unspecified atom stereocenters. The maximum absolute atomic E-state index is 11.2. The first-order chi connectivity index (χ1) is 10.2. The molecule has 1 amide bonds. The Balaban J connectivity index is 1.79. The number of carbonyl (C=O) groups excluding carboxylic acids is 1. The first-order valence-corrected chi connectivity index (χ1v) is 7.63. The predicted molar refractivity (Wildman–Crippen MR) is 82.4 cm³/mol. The van der Waals surface area contributed by atoms with Crippen molar-refractivity contribution in [1.29, 1.82) is 0 Å². The molecule has 0 bridgehead atoms. The van der Waals surface area contributed by atoms with Gasteiger partial charge >= 0.3 is 0 Å². The average molecular weight is 298 g/mol. The third-order valence-electron chi connectivity index (χ3n) is 3.73. The van der Waals surface area contributed by atoms with Crippen molar-refractivity contribution in [1.82, 2.24) is 14.7 Å². The van der Waals surface area contributed by atoms with Crippen molar-refractivity contribution in [2.75, 3.05) is 6.54 Å². The number of primary amides is 1. The maximum Gasteiger partial charge on any atom is 0.248 e. The van der Waals surface area contributed by atoms with Gasteiger partial charge in [0.25, 0.3) is 0 Å². The first kappa shape index (κ1) is 12.6. The Morgan fingerprint density at radius 1 is 1.43 bits per heavy atom. The number of amides is 1. The molecule has 106 valence electrons. The van der Waals surface area contributed by atoms with E-state index < -0.39 is 5.91 Å². The fraction of sp³-hybridized carbons (Fsp3) is 0.200. The summed E-state index contributed by atoms with van der Waals surface area (Å²) in [7, 11) is 0. The van der Waals surface area contributed by atoms with Crippen molar-refractivity contribution in [2.24, 2.45) is 5.73 Å². The molecule has 4 heterocycles. The molecule has 3 aromatic rings. The number of fused-ring (bicyclic) bond motifs is 2. The second-order valence-corrected chi connectivity index (χ2v) is 6.24. The summed E-state index contributed by atoms with van der Waals surface area (Å²) in [5, 5.41) is 4.40. The molecule has 0 radical (unpaired) electrons. The van der Waals surface area contributed by atoms with Crippen LogP contribution in [-0.4, -0.2) is 21.8 Å². The van der Waals surface area contributed by atoms with E-state index in [0.717, 1.165) is 35.6 Å². The molecule has 21 heavy (non-hydrogen) atoms. The van der Waals surface area contributed by atoms with Gasteiger partial charge in [0, 0.05) is 53.4 Å². The highest BCUT2D eigenvalue weighted by Crippen LogP contribution is 2.31. The van der Waals surface area contributed by atoms with Gasteiger partial charge in [-0.25, -0.2) is 4.98 Å². The fourth-order valence-corrected chi connectivity index (χ4v) is 3.69. The summed E-state index contributed by atoms with van der Waals surface area (Å²) in [5.41, 5.74) is 9.09. The lowest BCUT2D eigenvalue weighted by Crippen LogP contribution is -2.22. The van der Waals surface area contributed by atoms with Gasteiger partial charge in [-0.2, -0.15) is 0 Å². The standard InChI is InChI=1S/C15H14N4OS/c16-14(20)9-2-4-19-8-10(6-11(19)5-9)15-18-12-1-3-17-7-13(12)21-15/h2,4-6,8,17H,1,3,7H2,(H2,16,20). The topological polar surface area (TPSA) is 72.4 Å². The fourth-order valence-electron chi connectivity index (χ4n) is 2.63. The number of rotatable bonds is 2. The van der Waals surface area contributed by atoms with Gasteiger partial charge in [-0.3, -0.25) is 4.79 Å². The third-order valence-corrected chi connectivity index (χ3v) is 4.88. The summed E-state index contributed by atoms with van der Waals surface area (Å²) in [6.45, 7) is 1.90. The highest BCUT2D eigenvalue weighted by atomic mass is 32.1. The van der Waals surface area contributed by atoms with Gasteiger partial charge in [0.1, 0.15) is 5.01 Å². The zero-order valence-electron chi connectivity index (χ0n) is 11.3. The second-order valence-electron chi connectivity index (χ2n) is 5.16. The molecule has 4 rings (SSSR count). The van der Waals surface area contributed by atoms with Gasteiger partial charge < -0.3 is 15.5 Å². The Hall–Kier alpha value is -2.18. The van der Waals surface area contributed by atoms with Crippen LogP contribution < -0.4 is 11.1 Å². The number of nitrogens with one attached hydrogen (secondary N) is 1. The van der Waals surface area contributed by atoms with Gasteiger partial charge in [-0.1, -0.05) is 0 Å². The van der Waals surface area contributed by atoms with Gasteiger partial charge in [-0.05, 0) is 18.2 Å². The lowest BCUT2D eigenvalue weighted by atomic mass is 10.2. The Kier molecular flexibility index (Phi) is 2.80. The Morgan fingerprint density at radius 2 is 2.33 bits per heavy atom. The minimum Gasteiger partial charge on any atom is -0.366 e. The van der Waals surface area contributed by atoms with Crippen LogP contribution in [-0.2, 0) is 13.0 Å². The minimum atomic E-state index is -0.406. The Morgan fingerprint density at radius 3 is 3.14 bits per heavy atom. The lowest BCUT2D eigenvalue weighted by molar-refractivity contribution is 0.100. The van der Waals surface area contributed by atoms with Crippen LogP contribution in [0.15, 0.2) is 30.6 Å². The summed E-state index contributed by atoms with van der Waals surface area (Å²) in [6, 6.07) is 5.58. The average Bonchev–Trinajstić information content (AvgIpc) is 3.09. The molecule has 1 aliphatic heterocycles. The van der Waals surface area contributed by atoms with E-state index in [-0.39, 0.29) is 0 Å². The van der Waals surface area contributed by atoms with Crippen molar-refractivity contribution in [2.45, 2.75) is 13.0 Å². The number of nitrogens with zero attached hydrogens (tertiary/aromatic N) is 2. The Bertz CT molecular complexity index is 825. The van der Waals surface area contributed by atoms with E-state index in [4.69, 9.17) is 10.7 Å². The van der Waals surface area contributed by atoms with Crippen molar-refractivity contribution in [3.8, 4) is 10.6 Å². The monoisotopic (exact) mass is 298 g/mol. The van der Waals surface area contributed by atoms with Crippen LogP contribution in [0.5, 0.6) is 0 Å². The summed E-state index contributed by atoms with van der Waals surface area (Å²) in [6.07, 6.45) is 4.89. The van der Waals surface area contributed by atoms with Crippen LogP contribution >= 0.6 is 11.3 Å².